The summed E-state index contributed by atoms with van der Waals surface area (Å²) in [5, 5.41) is 9.83. The lowest BCUT2D eigenvalue weighted by Crippen LogP contribution is -2.24. The Morgan fingerprint density at radius 1 is 1.33 bits per heavy atom. The van der Waals surface area contributed by atoms with Crippen molar-refractivity contribution in [2.75, 3.05) is 11.9 Å². The maximum absolute atomic E-state index is 12.3. The van der Waals surface area contributed by atoms with Crippen LogP contribution in [0.4, 0.5) is 5.69 Å². The van der Waals surface area contributed by atoms with Gasteiger partial charge in [-0.25, -0.2) is 0 Å². The van der Waals surface area contributed by atoms with Crippen molar-refractivity contribution in [3.63, 3.8) is 0 Å². The van der Waals surface area contributed by atoms with Crippen LogP contribution in [-0.2, 0) is 6.54 Å². The third kappa shape index (κ3) is 4.05. The molecule has 1 amide bonds. The van der Waals surface area contributed by atoms with Gasteiger partial charge in [-0.15, -0.1) is 0 Å². The number of aryl methyl sites for hydroxylation is 2. The first kappa shape index (κ1) is 15.0. The SMILES string of the molecule is CCCNc1ccc(C)cc1C(=O)NCc1noc(C)n1. The summed E-state index contributed by atoms with van der Waals surface area (Å²) >= 11 is 0. The summed E-state index contributed by atoms with van der Waals surface area (Å²) in [4.78, 5) is 16.4. The summed E-state index contributed by atoms with van der Waals surface area (Å²) in [7, 11) is 0. The fourth-order valence-corrected chi connectivity index (χ4v) is 1.93. The van der Waals surface area contributed by atoms with Crippen LogP contribution in [0.15, 0.2) is 22.7 Å². The van der Waals surface area contributed by atoms with Crippen LogP contribution < -0.4 is 10.6 Å². The van der Waals surface area contributed by atoms with E-state index in [1.165, 1.54) is 0 Å². The molecule has 0 aliphatic carbocycles. The second-order valence-electron chi connectivity index (χ2n) is 4.89. The van der Waals surface area contributed by atoms with Crippen molar-refractivity contribution in [1.82, 2.24) is 15.5 Å². The fraction of sp³-hybridized carbons (Fsp3) is 0.400. The van der Waals surface area contributed by atoms with Crippen LogP contribution in [0.1, 0.15) is 41.0 Å². The van der Waals surface area contributed by atoms with Crippen LogP contribution in [0.2, 0.25) is 0 Å². The zero-order valence-electron chi connectivity index (χ0n) is 12.6. The smallest absolute Gasteiger partial charge is 0.253 e. The number of carbonyl (C=O) groups is 1. The molecular formula is C15H20N4O2. The van der Waals surface area contributed by atoms with E-state index >= 15 is 0 Å². The third-order valence-corrected chi connectivity index (χ3v) is 2.96. The van der Waals surface area contributed by atoms with E-state index in [0.29, 0.717) is 17.3 Å². The molecule has 0 unspecified atom stereocenters. The topological polar surface area (TPSA) is 80.0 Å². The van der Waals surface area contributed by atoms with Gasteiger partial charge >= 0.3 is 0 Å². The van der Waals surface area contributed by atoms with Gasteiger partial charge in [0, 0.05) is 19.2 Å². The van der Waals surface area contributed by atoms with E-state index in [0.717, 1.165) is 24.2 Å². The first-order valence-electron chi connectivity index (χ1n) is 7.02. The summed E-state index contributed by atoms with van der Waals surface area (Å²) in [5.41, 5.74) is 2.51. The molecular weight excluding hydrogens is 268 g/mol. The molecule has 21 heavy (non-hydrogen) atoms. The van der Waals surface area contributed by atoms with Crippen molar-refractivity contribution in [3.8, 4) is 0 Å². The number of rotatable bonds is 6. The predicted octanol–water partition coefficient (Wildman–Crippen LogP) is 2.44. The van der Waals surface area contributed by atoms with Gasteiger partial charge in [0.2, 0.25) is 5.89 Å². The van der Waals surface area contributed by atoms with Crippen molar-refractivity contribution in [1.29, 1.82) is 0 Å². The molecule has 0 spiro atoms. The fourth-order valence-electron chi connectivity index (χ4n) is 1.93. The van der Waals surface area contributed by atoms with E-state index in [2.05, 4.69) is 27.7 Å². The molecule has 0 radical (unpaired) electrons. The molecule has 2 N–H and O–H groups in total. The van der Waals surface area contributed by atoms with E-state index < -0.39 is 0 Å². The number of aromatic nitrogens is 2. The van der Waals surface area contributed by atoms with Crippen molar-refractivity contribution in [3.05, 3.63) is 41.0 Å². The lowest BCUT2D eigenvalue weighted by atomic mass is 10.1. The molecule has 6 nitrogen and oxygen atoms in total. The molecule has 112 valence electrons. The van der Waals surface area contributed by atoms with Crippen molar-refractivity contribution < 1.29 is 9.32 Å². The molecule has 0 fully saturated rings. The molecule has 2 rings (SSSR count). The number of nitrogens with zero attached hydrogens (tertiary/aromatic N) is 2. The molecule has 1 aromatic heterocycles. The van der Waals surface area contributed by atoms with Crippen LogP contribution >= 0.6 is 0 Å². The number of anilines is 1. The first-order valence-corrected chi connectivity index (χ1v) is 7.02. The van der Waals surface area contributed by atoms with Gasteiger partial charge in [-0.05, 0) is 25.5 Å². The Balaban J connectivity index is 2.08. The molecule has 1 heterocycles. The highest BCUT2D eigenvalue weighted by molar-refractivity contribution is 5.99. The van der Waals surface area contributed by atoms with E-state index in [4.69, 9.17) is 4.52 Å². The van der Waals surface area contributed by atoms with Crippen LogP contribution in [0.5, 0.6) is 0 Å². The molecule has 0 saturated heterocycles. The van der Waals surface area contributed by atoms with Gasteiger partial charge in [-0.3, -0.25) is 4.79 Å². The Morgan fingerprint density at radius 3 is 2.81 bits per heavy atom. The standard InChI is InChI=1S/C15H20N4O2/c1-4-7-16-13-6-5-10(2)8-12(13)15(20)17-9-14-18-11(3)21-19-14/h5-6,8,16H,4,7,9H2,1-3H3,(H,17,20). The van der Waals surface area contributed by atoms with Crippen LogP contribution in [0.25, 0.3) is 0 Å². The van der Waals surface area contributed by atoms with Crippen LogP contribution in [0.3, 0.4) is 0 Å². The lowest BCUT2D eigenvalue weighted by Gasteiger charge is -2.12. The number of hydrogen-bond acceptors (Lipinski definition) is 5. The minimum absolute atomic E-state index is 0.153. The molecule has 0 atom stereocenters. The number of amides is 1. The number of carbonyl (C=O) groups excluding carboxylic acids is 1. The maximum Gasteiger partial charge on any atom is 0.253 e. The highest BCUT2D eigenvalue weighted by atomic mass is 16.5. The monoisotopic (exact) mass is 288 g/mol. The van der Waals surface area contributed by atoms with Gasteiger partial charge in [0.25, 0.3) is 5.91 Å². The molecule has 0 bridgehead atoms. The normalized spacial score (nSPS) is 10.4. The van der Waals surface area contributed by atoms with Crippen LogP contribution in [0, 0.1) is 13.8 Å². The lowest BCUT2D eigenvalue weighted by molar-refractivity contribution is 0.0950. The molecule has 6 heteroatoms. The van der Waals surface area contributed by atoms with Gasteiger partial charge in [0.1, 0.15) is 0 Å². The van der Waals surface area contributed by atoms with Crippen molar-refractivity contribution in [2.24, 2.45) is 0 Å². The average molecular weight is 288 g/mol. The van der Waals surface area contributed by atoms with E-state index in [1.54, 1.807) is 6.92 Å². The highest BCUT2D eigenvalue weighted by Gasteiger charge is 2.12. The Morgan fingerprint density at radius 2 is 2.14 bits per heavy atom. The van der Waals surface area contributed by atoms with E-state index in [-0.39, 0.29) is 12.5 Å². The highest BCUT2D eigenvalue weighted by Crippen LogP contribution is 2.17. The summed E-state index contributed by atoms with van der Waals surface area (Å²) < 4.78 is 4.87. The van der Waals surface area contributed by atoms with Crippen molar-refractivity contribution >= 4 is 11.6 Å². The van der Waals surface area contributed by atoms with Gasteiger partial charge in [0.05, 0.1) is 12.1 Å². The molecule has 2 aromatic rings. The Labute approximate surface area is 123 Å². The zero-order valence-corrected chi connectivity index (χ0v) is 12.6. The zero-order chi connectivity index (χ0) is 15.2. The molecule has 0 aliphatic rings. The first-order chi connectivity index (χ1) is 10.1. The average Bonchev–Trinajstić information content (AvgIpc) is 2.89. The number of benzene rings is 1. The van der Waals surface area contributed by atoms with Crippen LogP contribution in [-0.4, -0.2) is 22.6 Å². The molecule has 0 saturated carbocycles. The largest absolute Gasteiger partial charge is 0.384 e. The third-order valence-electron chi connectivity index (χ3n) is 2.96. The summed E-state index contributed by atoms with van der Waals surface area (Å²) in [6.07, 6.45) is 0.997. The summed E-state index contributed by atoms with van der Waals surface area (Å²) in [6, 6.07) is 5.78. The second-order valence-corrected chi connectivity index (χ2v) is 4.89. The van der Waals surface area contributed by atoms with Gasteiger partial charge < -0.3 is 15.2 Å². The van der Waals surface area contributed by atoms with Gasteiger partial charge in [-0.1, -0.05) is 23.7 Å². The Bertz CT molecular complexity index is 622. The predicted molar refractivity (Wildman–Crippen MR) is 80.2 cm³/mol. The van der Waals surface area contributed by atoms with E-state index in [9.17, 15) is 4.79 Å². The Hall–Kier alpha value is -2.37. The molecule has 1 aromatic carbocycles. The van der Waals surface area contributed by atoms with Gasteiger partial charge in [-0.2, -0.15) is 4.98 Å². The maximum atomic E-state index is 12.3. The quantitative estimate of drug-likeness (QED) is 0.853. The van der Waals surface area contributed by atoms with Gasteiger partial charge in [0.15, 0.2) is 5.82 Å². The number of nitrogens with one attached hydrogen (secondary N) is 2. The minimum Gasteiger partial charge on any atom is -0.384 e. The van der Waals surface area contributed by atoms with E-state index in [1.807, 2.05) is 25.1 Å². The minimum atomic E-state index is -0.153. The summed E-state index contributed by atoms with van der Waals surface area (Å²) in [5.74, 6) is 0.802. The van der Waals surface area contributed by atoms with Crippen molar-refractivity contribution in [2.45, 2.75) is 33.7 Å². The summed E-state index contributed by atoms with van der Waals surface area (Å²) in [6.45, 7) is 6.83. The second kappa shape index (κ2) is 6.88. The number of hydrogen-bond donors (Lipinski definition) is 2. The molecule has 0 aliphatic heterocycles. The Kier molecular flexibility index (Phi) is 4.92.